The summed E-state index contributed by atoms with van der Waals surface area (Å²) in [5.41, 5.74) is 1.77. The number of aliphatic carboxylic acids is 1. The molecule has 2 unspecified atom stereocenters. The summed E-state index contributed by atoms with van der Waals surface area (Å²) in [4.78, 5) is 23.3. The molecule has 2 rings (SSSR count). The van der Waals surface area contributed by atoms with Crippen molar-refractivity contribution in [1.29, 1.82) is 5.26 Å². The van der Waals surface area contributed by atoms with E-state index in [1.54, 1.807) is 69.3 Å². The molecule has 2 N–H and O–H groups in total. The van der Waals surface area contributed by atoms with E-state index in [1.165, 1.54) is 0 Å². The molecule has 8 nitrogen and oxygen atoms in total. The molecule has 0 radical (unpaired) electrons. The highest BCUT2D eigenvalue weighted by Crippen LogP contribution is 2.18. The minimum absolute atomic E-state index is 0.0144. The second kappa shape index (κ2) is 11.6. The molecule has 0 saturated carbocycles. The number of carboxylic acid groups (broad SMARTS) is 1. The Hall–Kier alpha value is -3.57. The van der Waals surface area contributed by atoms with Crippen molar-refractivity contribution in [1.82, 2.24) is 0 Å². The van der Waals surface area contributed by atoms with Gasteiger partial charge in [0.05, 0.1) is 17.7 Å². The SMILES string of the molecule is CC(C)OC(Cc1cccc(OC(C)COC(=O)Nc2ccc(C#N)cc2)c1)C(=O)O. The zero-order valence-corrected chi connectivity index (χ0v) is 17.7. The van der Waals surface area contributed by atoms with Crippen LogP contribution < -0.4 is 10.1 Å². The van der Waals surface area contributed by atoms with Gasteiger partial charge in [0.2, 0.25) is 0 Å². The number of benzene rings is 2. The van der Waals surface area contributed by atoms with Gasteiger partial charge in [-0.1, -0.05) is 12.1 Å². The van der Waals surface area contributed by atoms with Crippen LogP contribution in [0.2, 0.25) is 0 Å². The zero-order chi connectivity index (χ0) is 22.8. The van der Waals surface area contributed by atoms with Gasteiger partial charge in [0.15, 0.2) is 6.10 Å². The topological polar surface area (TPSA) is 118 Å². The van der Waals surface area contributed by atoms with Crippen LogP contribution in [0.15, 0.2) is 48.5 Å². The molecule has 2 aromatic rings. The van der Waals surface area contributed by atoms with E-state index < -0.39 is 24.3 Å². The number of ether oxygens (including phenoxy) is 3. The molecule has 2 aromatic carbocycles. The van der Waals surface area contributed by atoms with Crippen molar-refractivity contribution in [3.05, 3.63) is 59.7 Å². The summed E-state index contributed by atoms with van der Waals surface area (Å²) in [5, 5.41) is 20.7. The van der Waals surface area contributed by atoms with Crippen molar-refractivity contribution in [3.8, 4) is 11.8 Å². The fourth-order valence-electron chi connectivity index (χ4n) is 2.72. The molecule has 1 amide bonds. The Labute approximate surface area is 181 Å². The van der Waals surface area contributed by atoms with Gasteiger partial charge in [0.1, 0.15) is 18.5 Å². The molecule has 0 fully saturated rings. The summed E-state index contributed by atoms with van der Waals surface area (Å²) in [6, 6.07) is 15.5. The first kappa shape index (κ1) is 23.7. The van der Waals surface area contributed by atoms with Crippen LogP contribution >= 0.6 is 0 Å². The Bertz CT molecular complexity index is 920. The average Bonchev–Trinajstić information content (AvgIpc) is 2.72. The number of rotatable bonds is 10. The number of nitrogens with zero attached hydrogens (tertiary/aromatic N) is 1. The van der Waals surface area contributed by atoms with Gasteiger partial charge >= 0.3 is 12.1 Å². The zero-order valence-electron chi connectivity index (χ0n) is 17.7. The maximum Gasteiger partial charge on any atom is 0.411 e. The first-order valence-electron chi connectivity index (χ1n) is 9.84. The van der Waals surface area contributed by atoms with Gasteiger partial charge in [-0.2, -0.15) is 5.26 Å². The monoisotopic (exact) mass is 426 g/mol. The normalized spacial score (nSPS) is 12.5. The number of anilines is 1. The third kappa shape index (κ3) is 8.36. The summed E-state index contributed by atoms with van der Waals surface area (Å²) in [6.07, 6.45) is -1.99. The molecule has 164 valence electrons. The highest BCUT2D eigenvalue weighted by atomic mass is 16.6. The second-order valence-corrected chi connectivity index (χ2v) is 7.20. The van der Waals surface area contributed by atoms with Crippen LogP contribution in [-0.2, 0) is 20.7 Å². The van der Waals surface area contributed by atoms with Crippen molar-refractivity contribution in [2.24, 2.45) is 0 Å². The average molecular weight is 426 g/mol. The maximum absolute atomic E-state index is 11.9. The lowest BCUT2D eigenvalue weighted by atomic mass is 10.1. The van der Waals surface area contributed by atoms with Gasteiger partial charge in [-0.15, -0.1) is 0 Å². The fourth-order valence-corrected chi connectivity index (χ4v) is 2.72. The highest BCUT2D eigenvalue weighted by molar-refractivity contribution is 5.84. The number of amides is 1. The van der Waals surface area contributed by atoms with Crippen molar-refractivity contribution in [2.45, 2.75) is 45.5 Å². The summed E-state index contributed by atoms with van der Waals surface area (Å²) in [6.45, 7) is 5.34. The van der Waals surface area contributed by atoms with E-state index in [0.717, 1.165) is 5.56 Å². The van der Waals surface area contributed by atoms with Crippen LogP contribution in [0, 0.1) is 11.3 Å². The van der Waals surface area contributed by atoms with Crippen LogP contribution in [0.4, 0.5) is 10.5 Å². The van der Waals surface area contributed by atoms with Crippen LogP contribution in [0.1, 0.15) is 31.9 Å². The van der Waals surface area contributed by atoms with Gasteiger partial charge < -0.3 is 19.3 Å². The Morgan fingerprint density at radius 3 is 2.45 bits per heavy atom. The standard InChI is InChI=1S/C23H26N2O6/c1-15(2)30-21(22(26)27)12-18-5-4-6-20(11-18)31-16(3)14-29-23(28)25-19-9-7-17(13-24)8-10-19/h4-11,15-16,21H,12,14H2,1-3H3,(H,25,28)(H,26,27). The Morgan fingerprint density at radius 1 is 1.13 bits per heavy atom. The predicted molar refractivity (Wildman–Crippen MR) is 114 cm³/mol. The molecule has 0 saturated heterocycles. The van der Waals surface area contributed by atoms with Crippen LogP contribution in [0.5, 0.6) is 5.75 Å². The number of carboxylic acids is 1. The molecule has 8 heteroatoms. The number of carbonyl (C=O) groups excluding carboxylic acids is 1. The minimum Gasteiger partial charge on any atom is -0.487 e. The van der Waals surface area contributed by atoms with Gasteiger partial charge in [0, 0.05) is 12.1 Å². The Balaban J connectivity index is 1.85. The van der Waals surface area contributed by atoms with Crippen molar-refractivity contribution < 1.29 is 28.9 Å². The lowest BCUT2D eigenvalue weighted by Gasteiger charge is -2.18. The van der Waals surface area contributed by atoms with Gasteiger partial charge in [-0.05, 0) is 62.7 Å². The molecule has 2 atom stereocenters. The molecular formula is C23H26N2O6. The molecule has 0 aliphatic heterocycles. The fraction of sp³-hybridized carbons (Fsp3) is 0.348. The summed E-state index contributed by atoms with van der Waals surface area (Å²) in [5.74, 6) is -0.482. The van der Waals surface area contributed by atoms with E-state index in [4.69, 9.17) is 19.5 Å². The maximum atomic E-state index is 11.9. The van der Waals surface area contributed by atoms with E-state index in [1.807, 2.05) is 6.07 Å². The largest absolute Gasteiger partial charge is 0.487 e. The number of carbonyl (C=O) groups is 2. The van der Waals surface area contributed by atoms with Gasteiger partial charge in [-0.3, -0.25) is 5.32 Å². The molecule has 0 aromatic heterocycles. The molecule has 0 aliphatic carbocycles. The lowest BCUT2D eigenvalue weighted by molar-refractivity contribution is -0.153. The lowest BCUT2D eigenvalue weighted by Crippen LogP contribution is -2.29. The van der Waals surface area contributed by atoms with Gasteiger partial charge in [-0.25, -0.2) is 9.59 Å². The van der Waals surface area contributed by atoms with Gasteiger partial charge in [0.25, 0.3) is 0 Å². The molecule has 0 bridgehead atoms. The molecule has 0 aliphatic rings. The highest BCUT2D eigenvalue weighted by Gasteiger charge is 2.20. The predicted octanol–water partition coefficient (Wildman–Crippen LogP) is 3.99. The molecule has 31 heavy (non-hydrogen) atoms. The van der Waals surface area contributed by atoms with E-state index in [2.05, 4.69) is 5.32 Å². The first-order valence-corrected chi connectivity index (χ1v) is 9.84. The first-order chi connectivity index (χ1) is 14.8. The van der Waals surface area contributed by atoms with E-state index in [-0.39, 0.29) is 19.1 Å². The smallest absolute Gasteiger partial charge is 0.411 e. The number of hydrogen-bond acceptors (Lipinski definition) is 6. The van der Waals surface area contributed by atoms with Crippen molar-refractivity contribution in [3.63, 3.8) is 0 Å². The number of nitriles is 1. The third-order valence-corrected chi connectivity index (χ3v) is 4.08. The molecule has 0 spiro atoms. The number of nitrogens with one attached hydrogen (secondary N) is 1. The van der Waals surface area contributed by atoms with E-state index >= 15 is 0 Å². The summed E-state index contributed by atoms with van der Waals surface area (Å²) < 4.78 is 16.4. The van der Waals surface area contributed by atoms with E-state index in [0.29, 0.717) is 17.0 Å². The van der Waals surface area contributed by atoms with Crippen LogP contribution in [0.3, 0.4) is 0 Å². The second-order valence-electron chi connectivity index (χ2n) is 7.20. The van der Waals surface area contributed by atoms with Crippen molar-refractivity contribution >= 4 is 17.7 Å². The van der Waals surface area contributed by atoms with Crippen molar-refractivity contribution in [2.75, 3.05) is 11.9 Å². The number of hydrogen-bond donors (Lipinski definition) is 2. The quantitative estimate of drug-likeness (QED) is 0.590. The third-order valence-electron chi connectivity index (χ3n) is 4.08. The van der Waals surface area contributed by atoms with Crippen LogP contribution in [-0.4, -0.2) is 42.1 Å². The summed E-state index contributed by atoms with van der Waals surface area (Å²) in [7, 11) is 0. The molecular weight excluding hydrogens is 400 g/mol. The Morgan fingerprint density at radius 2 is 1.84 bits per heavy atom. The minimum atomic E-state index is -1.02. The summed E-state index contributed by atoms with van der Waals surface area (Å²) >= 11 is 0. The molecule has 0 heterocycles. The van der Waals surface area contributed by atoms with E-state index in [9.17, 15) is 14.7 Å². The Kier molecular flexibility index (Phi) is 8.85. The van der Waals surface area contributed by atoms with Crippen LogP contribution in [0.25, 0.3) is 0 Å².